The lowest BCUT2D eigenvalue weighted by Gasteiger charge is -2.28. The molecule has 0 rings (SSSR count). The molecule has 0 bridgehead atoms. The van der Waals surface area contributed by atoms with Gasteiger partial charge >= 0.3 is 11.9 Å². The molecule has 0 amide bonds. The molecular weight excluding hydrogens is 544 g/mol. The van der Waals surface area contributed by atoms with E-state index in [2.05, 4.69) is 27.7 Å². The van der Waals surface area contributed by atoms with Crippen LogP contribution in [0.5, 0.6) is 0 Å². The van der Waals surface area contributed by atoms with Gasteiger partial charge in [-0.05, 0) is 24.7 Å². The van der Waals surface area contributed by atoms with Gasteiger partial charge in [0.25, 0.3) is 0 Å². The van der Waals surface area contributed by atoms with E-state index in [-0.39, 0.29) is 6.42 Å². The van der Waals surface area contributed by atoms with Crippen molar-refractivity contribution >= 4 is 11.9 Å². The standard InChI is InChI=1S/C40H78O4/c1-36(2)31-27-23-19-15-11-7-5-9-13-17-21-25-29-33-40(39(43)44,35-38(41)42)34-30-26-22-18-14-10-6-8-12-16-20-24-28-32-37(3)4/h36-37H,5-35H2,1-4H3,(H,41,42)(H,43,44). The summed E-state index contributed by atoms with van der Waals surface area (Å²) in [5.41, 5.74) is -1.09. The largest absolute Gasteiger partial charge is 0.481 e. The highest BCUT2D eigenvalue weighted by molar-refractivity contribution is 5.81. The van der Waals surface area contributed by atoms with Gasteiger partial charge in [-0.15, -0.1) is 0 Å². The molecule has 0 aliphatic heterocycles. The van der Waals surface area contributed by atoms with Crippen molar-refractivity contribution in [3.63, 3.8) is 0 Å². The molecule has 0 saturated carbocycles. The Hall–Kier alpha value is -1.06. The maximum absolute atomic E-state index is 12.3. The molecule has 0 unspecified atom stereocenters. The molecule has 2 N–H and O–H groups in total. The van der Waals surface area contributed by atoms with Gasteiger partial charge < -0.3 is 10.2 Å². The van der Waals surface area contributed by atoms with Gasteiger partial charge in [0.15, 0.2) is 0 Å². The Kier molecular flexibility index (Phi) is 29.8. The molecule has 44 heavy (non-hydrogen) atoms. The van der Waals surface area contributed by atoms with Crippen molar-refractivity contribution in [3.05, 3.63) is 0 Å². The second-order valence-electron chi connectivity index (χ2n) is 15.2. The zero-order valence-electron chi connectivity index (χ0n) is 30.3. The van der Waals surface area contributed by atoms with Gasteiger partial charge in [0, 0.05) is 0 Å². The summed E-state index contributed by atoms with van der Waals surface area (Å²) in [6.07, 6.45) is 36.3. The fourth-order valence-corrected chi connectivity index (χ4v) is 6.80. The maximum atomic E-state index is 12.3. The van der Waals surface area contributed by atoms with E-state index in [9.17, 15) is 19.8 Å². The molecule has 0 saturated heterocycles. The monoisotopic (exact) mass is 623 g/mol. The third kappa shape index (κ3) is 28.4. The van der Waals surface area contributed by atoms with E-state index in [4.69, 9.17) is 0 Å². The topological polar surface area (TPSA) is 74.6 Å². The molecule has 0 heterocycles. The van der Waals surface area contributed by atoms with Gasteiger partial charge in [0.1, 0.15) is 0 Å². The van der Waals surface area contributed by atoms with Crippen molar-refractivity contribution < 1.29 is 19.8 Å². The van der Waals surface area contributed by atoms with Crippen LogP contribution in [-0.4, -0.2) is 22.2 Å². The van der Waals surface area contributed by atoms with Gasteiger partial charge in [-0.2, -0.15) is 0 Å². The number of unbranched alkanes of at least 4 members (excludes halogenated alkanes) is 24. The van der Waals surface area contributed by atoms with E-state index < -0.39 is 17.4 Å². The lowest BCUT2D eigenvalue weighted by atomic mass is 9.75. The molecular formula is C40H78O4. The third-order valence-corrected chi connectivity index (χ3v) is 9.82. The molecule has 0 aromatic carbocycles. The number of hydrogen-bond donors (Lipinski definition) is 2. The Labute approximate surface area is 275 Å². The van der Waals surface area contributed by atoms with Crippen LogP contribution in [-0.2, 0) is 9.59 Å². The lowest BCUT2D eigenvalue weighted by molar-refractivity contribution is -0.157. The summed E-state index contributed by atoms with van der Waals surface area (Å²) in [6.45, 7) is 9.24. The van der Waals surface area contributed by atoms with Crippen LogP contribution in [0.2, 0.25) is 0 Å². The third-order valence-electron chi connectivity index (χ3n) is 9.82. The molecule has 0 aliphatic rings. The first kappa shape index (κ1) is 42.9. The second kappa shape index (κ2) is 30.6. The van der Waals surface area contributed by atoms with Crippen molar-refractivity contribution in [3.8, 4) is 0 Å². The van der Waals surface area contributed by atoms with Crippen molar-refractivity contribution in [2.24, 2.45) is 17.3 Å². The van der Waals surface area contributed by atoms with E-state index in [1.807, 2.05) is 0 Å². The van der Waals surface area contributed by atoms with Crippen LogP contribution < -0.4 is 0 Å². The number of carbonyl (C=O) groups is 2. The van der Waals surface area contributed by atoms with Gasteiger partial charge in [0.2, 0.25) is 0 Å². The van der Waals surface area contributed by atoms with Crippen molar-refractivity contribution in [1.82, 2.24) is 0 Å². The molecule has 262 valence electrons. The number of carboxylic acid groups (broad SMARTS) is 2. The molecule has 0 atom stereocenters. The highest BCUT2D eigenvalue weighted by Gasteiger charge is 2.39. The molecule has 0 fully saturated rings. The Morgan fingerprint density at radius 3 is 0.841 bits per heavy atom. The van der Waals surface area contributed by atoms with Crippen LogP contribution in [0.25, 0.3) is 0 Å². The number of aliphatic carboxylic acids is 2. The van der Waals surface area contributed by atoms with E-state index in [0.717, 1.165) is 50.4 Å². The molecule has 4 heteroatoms. The first-order valence-corrected chi connectivity index (χ1v) is 19.6. The summed E-state index contributed by atoms with van der Waals surface area (Å²) in [7, 11) is 0. The summed E-state index contributed by atoms with van der Waals surface area (Å²) >= 11 is 0. The Bertz CT molecular complexity index is 603. The zero-order valence-corrected chi connectivity index (χ0v) is 30.3. The number of carboxylic acids is 2. The van der Waals surface area contributed by atoms with Crippen molar-refractivity contribution in [1.29, 1.82) is 0 Å². The highest BCUT2D eigenvalue weighted by Crippen LogP contribution is 2.36. The first-order chi connectivity index (χ1) is 21.2. The Morgan fingerprint density at radius 2 is 0.636 bits per heavy atom. The van der Waals surface area contributed by atoms with Crippen LogP contribution in [0.1, 0.15) is 227 Å². The average Bonchev–Trinajstić information content (AvgIpc) is 2.96. The zero-order chi connectivity index (χ0) is 32.7. The Balaban J connectivity index is 3.89. The summed E-state index contributed by atoms with van der Waals surface area (Å²) < 4.78 is 0. The minimum Gasteiger partial charge on any atom is -0.481 e. The van der Waals surface area contributed by atoms with Gasteiger partial charge in [-0.25, -0.2) is 0 Å². The maximum Gasteiger partial charge on any atom is 0.310 e. The smallest absolute Gasteiger partial charge is 0.310 e. The highest BCUT2D eigenvalue weighted by atomic mass is 16.4. The summed E-state index contributed by atoms with van der Waals surface area (Å²) in [4.78, 5) is 23.9. The molecule has 0 spiro atoms. The summed E-state index contributed by atoms with van der Waals surface area (Å²) in [5.74, 6) is -0.196. The average molecular weight is 623 g/mol. The van der Waals surface area contributed by atoms with Crippen LogP contribution in [0.15, 0.2) is 0 Å². The van der Waals surface area contributed by atoms with Crippen LogP contribution in [0.3, 0.4) is 0 Å². The lowest BCUT2D eigenvalue weighted by Crippen LogP contribution is -2.33. The summed E-state index contributed by atoms with van der Waals surface area (Å²) in [6, 6.07) is 0. The minimum atomic E-state index is -1.09. The minimum absolute atomic E-state index is 0.238. The number of rotatable bonds is 35. The molecule has 0 aromatic rings. The van der Waals surface area contributed by atoms with E-state index in [0.29, 0.717) is 12.8 Å². The van der Waals surface area contributed by atoms with Gasteiger partial charge in [0.05, 0.1) is 11.8 Å². The van der Waals surface area contributed by atoms with Gasteiger partial charge in [-0.3, -0.25) is 9.59 Å². The fourth-order valence-electron chi connectivity index (χ4n) is 6.80. The quantitative estimate of drug-likeness (QED) is 0.0689. The molecule has 0 aliphatic carbocycles. The first-order valence-electron chi connectivity index (χ1n) is 19.6. The predicted octanol–water partition coefficient (Wildman–Crippen LogP) is 13.5. The second-order valence-corrected chi connectivity index (χ2v) is 15.2. The summed E-state index contributed by atoms with van der Waals surface area (Å²) in [5, 5.41) is 19.6. The normalized spacial score (nSPS) is 12.0. The molecule has 4 nitrogen and oxygen atoms in total. The SMILES string of the molecule is CC(C)CCCCCCCCCCCCCCCC(CCCCCCCCCCCCCCCC(C)C)(CC(=O)O)C(=O)O. The molecule has 0 radical (unpaired) electrons. The number of hydrogen-bond acceptors (Lipinski definition) is 2. The van der Waals surface area contributed by atoms with Crippen molar-refractivity contribution in [2.45, 2.75) is 227 Å². The van der Waals surface area contributed by atoms with Gasteiger partial charge in [-0.1, -0.05) is 207 Å². The predicted molar refractivity (Wildman–Crippen MR) is 191 cm³/mol. The van der Waals surface area contributed by atoms with Crippen molar-refractivity contribution in [2.75, 3.05) is 0 Å². The van der Waals surface area contributed by atoms with Crippen LogP contribution in [0.4, 0.5) is 0 Å². The van der Waals surface area contributed by atoms with Crippen LogP contribution in [0, 0.1) is 17.3 Å². The van der Waals surface area contributed by atoms with Crippen LogP contribution >= 0.6 is 0 Å². The van der Waals surface area contributed by atoms with E-state index in [1.165, 1.54) is 141 Å². The van der Waals surface area contributed by atoms with E-state index in [1.54, 1.807) is 0 Å². The fraction of sp³-hybridized carbons (Fsp3) is 0.950. The molecule has 0 aromatic heterocycles. The van der Waals surface area contributed by atoms with E-state index >= 15 is 0 Å². The Morgan fingerprint density at radius 1 is 0.409 bits per heavy atom.